The maximum atomic E-state index is 6.18. The monoisotopic (exact) mass is 299 g/mol. The molecule has 0 spiro atoms. The summed E-state index contributed by atoms with van der Waals surface area (Å²) in [7, 11) is 0. The van der Waals surface area contributed by atoms with Gasteiger partial charge in [-0.05, 0) is 49.4 Å². The predicted octanol–water partition coefficient (Wildman–Crippen LogP) is 3.32. The number of nitrogens with one attached hydrogen (secondary N) is 1. The number of anilines is 2. The van der Waals surface area contributed by atoms with Crippen LogP contribution in [0.3, 0.4) is 0 Å². The first-order chi connectivity index (χ1) is 10.2. The molecule has 6 heteroatoms. The molecule has 21 heavy (non-hydrogen) atoms. The van der Waals surface area contributed by atoms with Crippen molar-refractivity contribution in [2.45, 2.75) is 26.2 Å². The predicted molar refractivity (Wildman–Crippen MR) is 82.3 cm³/mol. The van der Waals surface area contributed by atoms with E-state index >= 15 is 0 Å². The van der Waals surface area contributed by atoms with Gasteiger partial charge < -0.3 is 5.32 Å². The zero-order valence-corrected chi connectivity index (χ0v) is 12.4. The topological polar surface area (TPSA) is 55.1 Å². The molecular formula is C15H14ClN5. The van der Waals surface area contributed by atoms with E-state index in [-0.39, 0.29) is 0 Å². The second-order valence-electron chi connectivity index (χ2n) is 5.31. The zero-order chi connectivity index (χ0) is 14.4. The Bertz CT molecular complexity index is 839. The van der Waals surface area contributed by atoms with Crippen molar-refractivity contribution in [2.75, 3.05) is 5.32 Å². The van der Waals surface area contributed by atoms with Crippen LogP contribution in [-0.2, 0) is 12.8 Å². The second kappa shape index (κ2) is 4.70. The van der Waals surface area contributed by atoms with Crippen molar-refractivity contribution in [3.63, 3.8) is 0 Å². The highest BCUT2D eigenvalue weighted by Gasteiger charge is 2.14. The summed E-state index contributed by atoms with van der Waals surface area (Å²) in [5, 5.41) is 8.06. The fourth-order valence-corrected chi connectivity index (χ4v) is 3.00. The smallest absolute Gasteiger partial charge is 0.255 e. The highest BCUT2D eigenvalue weighted by Crippen LogP contribution is 2.29. The van der Waals surface area contributed by atoms with Gasteiger partial charge in [0.15, 0.2) is 0 Å². The average molecular weight is 300 g/mol. The maximum Gasteiger partial charge on any atom is 0.255 e. The molecule has 0 fully saturated rings. The molecule has 1 aliphatic carbocycles. The largest absolute Gasteiger partial charge is 0.340 e. The minimum absolute atomic E-state index is 0.444. The van der Waals surface area contributed by atoms with Crippen LogP contribution in [0.4, 0.5) is 11.5 Å². The van der Waals surface area contributed by atoms with Crippen LogP contribution in [0.1, 0.15) is 23.1 Å². The number of hydrogen-bond acceptors (Lipinski definition) is 4. The molecule has 0 radical (unpaired) electrons. The molecule has 0 amide bonds. The van der Waals surface area contributed by atoms with Crippen LogP contribution in [0.15, 0.2) is 24.5 Å². The second-order valence-corrected chi connectivity index (χ2v) is 5.67. The number of halogens is 1. The standard InChI is InChI=1S/C15H14ClN5/c1-9-13(16)20-15-17-8-18-21(15)14(9)19-12-6-5-10-3-2-4-11(10)7-12/h5-8,19H,2-4H2,1H3. The van der Waals surface area contributed by atoms with Crippen molar-refractivity contribution in [3.05, 3.63) is 46.4 Å². The fraction of sp³-hybridized carbons (Fsp3) is 0.267. The van der Waals surface area contributed by atoms with Gasteiger partial charge in [0.1, 0.15) is 17.3 Å². The number of fused-ring (bicyclic) bond motifs is 2. The van der Waals surface area contributed by atoms with Gasteiger partial charge in [0.2, 0.25) is 0 Å². The van der Waals surface area contributed by atoms with E-state index in [1.807, 2.05) is 6.92 Å². The van der Waals surface area contributed by atoms with Gasteiger partial charge >= 0.3 is 0 Å². The maximum absolute atomic E-state index is 6.18. The Morgan fingerprint density at radius 3 is 3.00 bits per heavy atom. The SMILES string of the molecule is Cc1c(Cl)nc2ncnn2c1Nc1ccc2c(c1)CCC2. The minimum atomic E-state index is 0.444. The molecule has 106 valence electrons. The first kappa shape index (κ1) is 12.6. The molecule has 0 atom stereocenters. The highest BCUT2D eigenvalue weighted by molar-refractivity contribution is 6.30. The fourth-order valence-electron chi connectivity index (χ4n) is 2.83. The first-order valence-electron chi connectivity index (χ1n) is 6.97. The number of aromatic nitrogens is 4. The summed E-state index contributed by atoms with van der Waals surface area (Å²) in [6.45, 7) is 1.92. The lowest BCUT2D eigenvalue weighted by molar-refractivity contribution is 0.911. The Morgan fingerprint density at radius 2 is 2.10 bits per heavy atom. The van der Waals surface area contributed by atoms with Crippen LogP contribution in [0.25, 0.3) is 5.78 Å². The average Bonchev–Trinajstić information content (AvgIpc) is 3.11. The van der Waals surface area contributed by atoms with Crippen molar-refractivity contribution in [3.8, 4) is 0 Å². The molecule has 0 bridgehead atoms. The minimum Gasteiger partial charge on any atom is -0.340 e. The quantitative estimate of drug-likeness (QED) is 0.738. The van der Waals surface area contributed by atoms with E-state index in [4.69, 9.17) is 11.6 Å². The van der Waals surface area contributed by atoms with Crippen molar-refractivity contribution in [1.29, 1.82) is 0 Å². The third-order valence-electron chi connectivity index (χ3n) is 3.97. The summed E-state index contributed by atoms with van der Waals surface area (Å²) in [6.07, 6.45) is 5.06. The molecule has 4 rings (SSSR count). The lowest BCUT2D eigenvalue weighted by atomic mass is 10.1. The number of hydrogen-bond donors (Lipinski definition) is 1. The van der Waals surface area contributed by atoms with Crippen LogP contribution in [-0.4, -0.2) is 19.6 Å². The Kier molecular flexibility index (Phi) is 2.82. The van der Waals surface area contributed by atoms with Crippen LogP contribution in [0.2, 0.25) is 5.15 Å². The summed E-state index contributed by atoms with van der Waals surface area (Å²) >= 11 is 6.18. The lowest BCUT2D eigenvalue weighted by Gasteiger charge is -2.12. The number of benzene rings is 1. The third-order valence-corrected chi connectivity index (χ3v) is 4.33. The van der Waals surface area contributed by atoms with E-state index in [0.717, 1.165) is 23.5 Å². The number of aryl methyl sites for hydroxylation is 2. The molecule has 1 N–H and O–H groups in total. The van der Waals surface area contributed by atoms with Gasteiger partial charge in [-0.3, -0.25) is 0 Å². The van der Waals surface area contributed by atoms with Crippen molar-refractivity contribution in [2.24, 2.45) is 0 Å². The molecule has 0 saturated heterocycles. The normalized spacial score (nSPS) is 13.6. The molecule has 1 aliphatic rings. The van der Waals surface area contributed by atoms with Crippen molar-refractivity contribution in [1.82, 2.24) is 19.6 Å². The molecule has 2 aromatic heterocycles. The number of nitrogens with zero attached hydrogens (tertiary/aromatic N) is 4. The van der Waals surface area contributed by atoms with Gasteiger partial charge in [0.05, 0.1) is 0 Å². The van der Waals surface area contributed by atoms with Gasteiger partial charge in [0.25, 0.3) is 5.78 Å². The first-order valence-corrected chi connectivity index (χ1v) is 7.35. The van der Waals surface area contributed by atoms with Gasteiger partial charge in [-0.2, -0.15) is 19.6 Å². The van der Waals surface area contributed by atoms with Gasteiger partial charge in [-0.25, -0.2) is 0 Å². The van der Waals surface area contributed by atoms with Crippen molar-refractivity contribution < 1.29 is 0 Å². The molecule has 0 unspecified atom stereocenters. The summed E-state index contributed by atoms with van der Waals surface area (Å²) in [4.78, 5) is 8.31. The molecule has 2 heterocycles. The number of rotatable bonds is 2. The summed E-state index contributed by atoms with van der Waals surface area (Å²) in [5.74, 6) is 1.30. The van der Waals surface area contributed by atoms with Gasteiger partial charge in [-0.15, -0.1) is 0 Å². The molecule has 3 aromatic rings. The molecular weight excluding hydrogens is 286 g/mol. The Hall–Kier alpha value is -2.14. The zero-order valence-electron chi connectivity index (χ0n) is 11.6. The van der Waals surface area contributed by atoms with Crippen LogP contribution in [0, 0.1) is 6.92 Å². The van der Waals surface area contributed by atoms with E-state index in [1.165, 1.54) is 30.3 Å². The Labute approximate surface area is 127 Å². The summed E-state index contributed by atoms with van der Waals surface area (Å²) in [6, 6.07) is 6.50. The highest BCUT2D eigenvalue weighted by atomic mass is 35.5. The van der Waals surface area contributed by atoms with Crippen LogP contribution >= 0.6 is 11.6 Å². The van der Waals surface area contributed by atoms with Gasteiger partial charge in [-0.1, -0.05) is 17.7 Å². The lowest BCUT2D eigenvalue weighted by Crippen LogP contribution is -2.05. The van der Waals surface area contributed by atoms with E-state index < -0.39 is 0 Å². The molecule has 1 aromatic carbocycles. The van der Waals surface area contributed by atoms with Crippen molar-refractivity contribution >= 4 is 28.9 Å². The Balaban J connectivity index is 1.80. The molecule has 0 saturated carbocycles. The van der Waals surface area contributed by atoms with Crippen LogP contribution < -0.4 is 5.32 Å². The van der Waals surface area contributed by atoms with E-state index in [1.54, 1.807) is 4.52 Å². The Morgan fingerprint density at radius 1 is 1.24 bits per heavy atom. The summed E-state index contributed by atoms with van der Waals surface area (Å²) in [5.41, 5.74) is 4.77. The van der Waals surface area contributed by atoms with E-state index in [2.05, 4.69) is 38.6 Å². The summed E-state index contributed by atoms with van der Waals surface area (Å²) < 4.78 is 1.68. The van der Waals surface area contributed by atoms with Crippen LogP contribution in [0.5, 0.6) is 0 Å². The van der Waals surface area contributed by atoms with E-state index in [9.17, 15) is 0 Å². The third kappa shape index (κ3) is 2.05. The molecule has 5 nitrogen and oxygen atoms in total. The van der Waals surface area contributed by atoms with Gasteiger partial charge in [0, 0.05) is 11.3 Å². The molecule has 0 aliphatic heterocycles. The van der Waals surface area contributed by atoms with E-state index in [0.29, 0.717) is 10.9 Å².